The standard InChI is InChI=1S/C19H20N2O3S/c1-20-19(23)17-11-21(15-9-5-6-10-16(15)24-17)18(22)13-25-12-14-7-3-2-4-8-14/h2-10,17H,11-13H2,1H3,(H,20,23)/t17-/m1/s1. The molecule has 2 aromatic carbocycles. The largest absolute Gasteiger partial charge is 0.477 e. The first kappa shape index (κ1) is 17.4. The quantitative estimate of drug-likeness (QED) is 0.894. The Bertz CT molecular complexity index is 751. The van der Waals surface area contributed by atoms with Crippen molar-refractivity contribution in [3.8, 4) is 5.75 Å². The number of rotatable bonds is 5. The number of fused-ring (bicyclic) bond motifs is 1. The van der Waals surface area contributed by atoms with Gasteiger partial charge in [-0.05, 0) is 17.7 Å². The van der Waals surface area contributed by atoms with Crippen molar-refractivity contribution in [3.63, 3.8) is 0 Å². The summed E-state index contributed by atoms with van der Waals surface area (Å²) in [6.45, 7) is 0.224. The number of hydrogen-bond acceptors (Lipinski definition) is 4. The molecule has 5 nitrogen and oxygen atoms in total. The van der Waals surface area contributed by atoms with Crippen LogP contribution in [-0.4, -0.2) is 37.3 Å². The predicted octanol–water partition coefficient (Wildman–Crippen LogP) is 2.46. The molecule has 0 spiro atoms. The molecule has 1 aliphatic rings. The number of ether oxygens (including phenoxy) is 1. The summed E-state index contributed by atoms with van der Waals surface area (Å²) in [4.78, 5) is 26.3. The molecule has 2 aromatic rings. The number of anilines is 1. The molecule has 0 saturated carbocycles. The van der Waals surface area contributed by atoms with Gasteiger partial charge in [0.15, 0.2) is 6.10 Å². The van der Waals surface area contributed by atoms with Crippen LogP contribution in [-0.2, 0) is 15.3 Å². The second kappa shape index (κ2) is 8.07. The van der Waals surface area contributed by atoms with Gasteiger partial charge in [-0.2, -0.15) is 0 Å². The summed E-state index contributed by atoms with van der Waals surface area (Å²) >= 11 is 1.57. The van der Waals surface area contributed by atoms with Gasteiger partial charge in [0.2, 0.25) is 5.91 Å². The van der Waals surface area contributed by atoms with Crippen LogP contribution in [0.25, 0.3) is 0 Å². The minimum atomic E-state index is -0.692. The maximum absolute atomic E-state index is 12.7. The Hall–Kier alpha value is -2.47. The van der Waals surface area contributed by atoms with Gasteiger partial charge in [-0.25, -0.2) is 0 Å². The van der Waals surface area contributed by atoms with Crippen molar-refractivity contribution < 1.29 is 14.3 Å². The number of nitrogens with one attached hydrogen (secondary N) is 1. The summed E-state index contributed by atoms with van der Waals surface area (Å²) in [5.41, 5.74) is 1.90. The molecule has 1 atom stereocenters. The van der Waals surface area contributed by atoms with Crippen molar-refractivity contribution in [2.45, 2.75) is 11.9 Å². The fourth-order valence-electron chi connectivity index (χ4n) is 2.68. The molecule has 0 unspecified atom stereocenters. The summed E-state index contributed by atoms with van der Waals surface area (Å²) < 4.78 is 5.73. The van der Waals surface area contributed by atoms with Crippen LogP contribution >= 0.6 is 11.8 Å². The lowest BCUT2D eigenvalue weighted by molar-refractivity contribution is -0.127. The Labute approximate surface area is 151 Å². The Morgan fingerprint density at radius 3 is 2.64 bits per heavy atom. The van der Waals surface area contributed by atoms with E-state index < -0.39 is 6.10 Å². The van der Waals surface area contributed by atoms with Crippen molar-refractivity contribution in [1.82, 2.24) is 5.32 Å². The maximum atomic E-state index is 12.7. The Kier molecular flexibility index (Phi) is 5.60. The Balaban J connectivity index is 1.68. The number of carbonyl (C=O) groups is 2. The fourth-order valence-corrected chi connectivity index (χ4v) is 3.54. The van der Waals surface area contributed by atoms with Crippen LogP contribution in [0.4, 0.5) is 5.69 Å². The van der Waals surface area contributed by atoms with Crippen LogP contribution < -0.4 is 15.0 Å². The lowest BCUT2D eigenvalue weighted by atomic mass is 10.2. The smallest absolute Gasteiger partial charge is 0.262 e. The average Bonchev–Trinajstić information content (AvgIpc) is 2.67. The highest BCUT2D eigenvalue weighted by Gasteiger charge is 2.33. The van der Waals surface area contributed by atoms with Crippen molar-refractivity contribution >= 4 is 29.3 Å². The van der Waals surface area contributed by atoms with E-state index in [1.165, 1.54) is 5.56 Å². The highest BCUT2D eigenvalue weighted by molar-refractivity contribution is 7.99. The molecular formula is C19H20N2O3S. The van der Waals surface area contributed by atoms with Crippen molar-refractivity contribution in [3.05, 3.63) is 60.2 Å². The molecule has 0 saturated heterocycles. The van der Waals surface area contributed by atoms with E-state index in [1.54, 1.807) is 29.8 Å². The van der Waals surface area contributed by atoms with E-state index >= 15 is 0 Å². The van der Waals surface area contributed by atoms with Gasteiger partial charge in [-0.15, -0.1) is 11.8 Å². The fraction of sp³-hybridized carbons (Fsp3) is 0.263. The van der Waals surface area contributed by atoms with Gasteiger partial charge in [-0.1, -0.05) is 42.5 Å². The molecule has 0 radical (unpaired) electrons. The van der Waals surface area contributed by atoms with Gasteiger partial charge in [0.05, 0.1) is 18.0 Å². The summed E-state index contributed by atoms with van der Waals surface area (Å²) in [5.74, 6) is 1.43. The summed E-state index contributed by atoms with van der Waals surface area (Å²) in [5, 5.41) is 2.58. The molecule has 1 aliphatic heterocycles. The van der Waals surface area contributed by atoms with Crippen LogP contribution in [0.1, 0.15) is 5.56 Å². The molecule has 6 heteroatoms. The first-order valence-electron chi connectivity index (χ1n) is 8.08. The average molecular weight is 356 g/mol. The maximum Gasteiger partial charge on any atom is 0.262 e. The SMILES string of the molecule is CNC(=O)[C@H]1CN(C(=O)CSCc2ccccc2)c2ccccc2O1. The lowest BCUT2D eigenvalue weighted by Crippen LogP contribution is -2.50. The van der Waals surface area contributed by atoms with E-state index in [-0.39, 0.29) is 18.4 Å². The van der Waals surface area contributed by atoms with Crippen LogP contribution in [0.5, 0.6) is 5.75 Å². The third kappa shape index (κ3) is 4.14. The zero-order valence-corrected chi connectivity index (χ0v) is 14.8. The Morgan fingerprint density at radius 2 is 1.88 bits per heavy atom. The van der Waals surface area contributed by atoms with E-state index in [2.05, 4.69) is 5.32 Å². The monoisotopic (exact) mass is 356 g/mol. The van der Waals surface area contributed by atoms with Gasteiger partial charge in [0.25, 0.3) is 5.91 Å². The number of likely N-dealkylation sites (N-methyl/N-ethyl adjacent to an activating group) is 1. The number of thioether (sulfide) groups is 1. The van der Waals surface area contributed by atoms with E-state index in [9.17, 15) is 9.59 Å². The first-order chi connectivity index (χ1) is 12.2. The van der Waals surface area contributed by atoms with E-state index in [0.717, 1.165) is 5.75 Å². The molecule has 25 heavy (non-hydrogen) atoms. The minimum Gasteiger partial charge on any atom is -0.477 e. The van der Waals surface area contributed by atoms with Gasteiger partial charge in [-0.3, -0.25) is 9.59 Å². The van der Waals surface area contributed by atoms with Crippen molar-refractivity contribution in [1.29, 1.82) is 0 Å². The van der Waals surface area contributed by atoms with Gasteiger partial charge in [0.1, 0.15) is 5.75 Å². The molecular weight excluding hydrogens is 336 g/mol. The van der Waals surface area contributed by atoms with E-state index in [4.69, 9.17) is 4.74 Å². The number of amides is 2. The van der Waals surface area contributed by atoms with Crippen LogP contribution in [0.15, 0.2) is 54.6 Å². The minimum absolute atomic E-state index is 0.0226. The van der Waals surface area contributed by atoms with E-state index in [1.807, 2.05) is 48.5 Å². The number of benzene rings is 2. The summed E-state index contributed by atoms with van der Waals surface area (Å²) in [6, 6.07) is 17.4. The lowest BCUT2D eigenvalue weighted by Gasteiger charge is -2.34. The number of carbonyl (C=O) groups excluding carboxylic acids is 2. The van der Waals surface area contributed by atoms with Crippen LogP contribution in [0.3, 0.4) is 0 Å². The number of para-hydroxylation sites is 2. The van der Waals surface area contributed by atoms with Crippen LogP contribution in [0, 0.1) is 0 Å². The zero-order valence-electron chi connectivity index (χ0n) is 14.0. The third-order valence-corrected chi connectivity index (χ3v) is 4.94. The van der Waals surface area contributed by atoms with Gasteiger partial charge < -0.3 is 15.0 Å². The second-order valence-corrected chi connectivity index (χ2v) is 6.66. The summed E-state index contributed by atoms with van der Waals surface area (Å²) in [6.07, 6.45) is -0.692. The molecule has 1 heterocycles. The Morgan fingerprint density at radius 1 is 1.16 bits per heavy atom. The molecule has 3 rings (SSSR count). The first-order valence-corrected chi connectivity index (χ1v) is 9.24. The molecule has 130 valence electrons. The number of nitrogens with zero attached hydrogens (tertiary/aromatic N) is 1. The third-order valence-electron chi connectivity index (χ3n) is 3.95. The van der Waals surface area contributed by atoms with Gasteiger partial charge >= 0.3 is 0 Å². The topological polar surface area (TPSA) is 58.6 Å². The highest BCUT2D eigenvalue weighted by atomic mass is 32.2. The zero-order chi connectivity index (χ0) is 17.6. The van der Waals surface area contributed by atoms with Gasteiger partial charge in [0, 0.05) is 12.8 Å². The molecule has 0 aromatic heterocycles. The molecule has 0 bridgehead atoms. The van der Waals surface area contributed by atoms with Crippen molar-refractivity contribution in [2.24, 2.45) is 0 Å². The highest BCUT2D eigenvalue weighted by Crippen LogP contribution is 2.33. The second-order valence-electron chi connectivity index (χ2n) is 5.67. The molecule has 0 aliphatic carbocycles. The normalized spacial score (nSPS) is 15.9. The summed E-state index contributed by atoms with van der Waals surface area (Å²) in [7, 11) is 1.56. The molecule has 1 N–H and O–H groups in total. The van der Waals surface area contributed by atoms with Crippen LogP contribution in [0.2, 0.25) is 0 Å². The predicted molar refractivity (Wildman–Crippen MR) is 99.9 cm³/mol. The van der Waals surface area contributed by atoms with Crippen molar-refractivity contribution in [2.75, 3.05) is 24.2 Å². The molecule has 0 fully saturated rings. The molecule has 2 amide bonds. The van der Waals surface area contributed by atoms with E-state index in [0.29, 0.717) is 17.2 Å². The number of hydrogen-bond donors (Lipinski definition) is 1.